The van der Waals surface area contributed by atoms with Gasteiger partial charge in [-0.3, -0.25) is 14.4 Å². The number of nitrogens with zero attached hydrogens (tertiary/aromatic N) is 2. The fourth-order valence-corrected chi connectivity index (χ4v) is 3.55. The molecule has 2 rings (SSSR count). The lowest BCUT2D eigenvalue weighted by molar-refractivity contribution is -0.137. The molecule has 0 spiro atoms. The van der Waals surface area contributed by atoms with Crippen LogP contribution in [-0.2, 0) is 14.3 Å². The highest BCUT2D eigenvalue weighted by molar-refractivity contribution is 7.99. The molecule has 154 valence electrons. The zero-order valence-corrected chi connectivity index (χ0v) is 17.3. The van der Waals surface area contributed by atoms with E-state index in [2.05, 4.69) is 4.74 Å². The van der Waals surface area contributed by atoms with Crippen molar-refractivity contribution in [3.05, 3.63) is 23.8 Å². The van der Waals surface area contributed by atoms with E-state index in [1.165, 1.54) is 33.1 Å². The van der Waals surface area contributed by atoms with Gasteiger partial charge < -0.3 is 24.0 Å². The predicted octanol–water partition coefficient (Wildman–Crippen LogP) is 1.28. The lowest BCUT2D eigenvalue weighted by Gasteiger charge is -2.35. The number of ether oxygens (including phenoxy) is 3. The van der Waals surface area contributed by atoms with Crippen LogP contribution in [0.1, 0.15) is 16.8 Å². The summed E-state index contributed by atoms with van der Waals surface area (Å²) >= 11 is 1.38. The number of esters is 1. The molecule has 0 unspecified atom stereocenters. The first-order chi connectivity index (χ1) is 13.5. The second-order valence-corrected chi connectivity index (χ2v) is 7.26. The summed E-state index contributed by atoms with van der Waals surface area (Å²) in [7, 11) is 4.42. The monoisotopic (exact) mass is 410 g/mol. The number of benzene rings is 1. The van der Waals surface area contributed by atoms with Crippen LogP contribution < -0.4 is 9.47 Å². The van der Waals surface area contributed by atoms with Crippen LogP contribution >= 0.6 is 11.8 Å². The van der Waals surface area contributed by atoms with Crippen LogP contribution in [0.15, 0.2) is 18.2 Å². The van der Waals surface area contributed by atoms with Crippen LogP contribution in [0.4, 0.5) is 0 Å². The van der Waals surface area contributed by atoms with Gasteiger partial charge >= 0.3 is 5.97 Å². The van der Waals surface area contributed by atoms with Gasteiger partial charge in [-0.05, 0) is 12.1 Å². The van der Waals surface area contributed by atoms with E-state index in [1.807, 2.05) is 0 Å². The molecule has 1 aromatic rings. The molecule has 2 amide bonds. The van der Waals surface area contributed by atoms with E-state index in [1.54, 1.807) is 28.0 Å². The number of methoxy groups -OCH3 is 3. The third-order valence-corrected chi connectivity index (χ3v) is 5.36. The molecule has 1 aliphatic rings. The SMILES string of the molecule is COC(=O)CSCCC(=O)N1CCN(C(=O)c2cc(OC)cc(OC)c2)CC1. The van der Waals surface area contributed by atoms with Crippen molar-refractivity contribution in [3.8, 4) is 11.5 Å². The molecule has 0 aliphatic carbocycles. The van der Waals surface area contributed by atoms with Crippen molar-refractivity contribution in [1.82, 2.24) is 9.80 Å². The summed E-state index contributed by atoms with van der Waals surface area (Å²) in [6.45, 7) is 1.93. The molecule has 0 N–H and O–H groups in total. The van der Waals surface area contributed by atoms with Crippen molar-refractivity contribution in [2.24, 2.45) is 0 Å². The third kappa shape index (κ3) is 6.05. The van der Waals surface area contributed by atoms with Crippen LogP contribution in [0.25, 0.3) is 0 Å². The quantitative estimate of drug-likeness (QED) is 0.471. The van der Waals surface area contributed by atoms with Gasteiger partial charge in [0.2, 0.25) is 5.91 Å². The Morgan fingerprint density at radius 3 is 2.04 bits per heavy atom. The molecule has 9 heteroatoms. The highest BCUT2D eigenvalue weighted by Crippen LogP contribution is 2.24. The number of hydrogen-bond acceptors (Lipinski definition) is 7. The first-order valence-corrected chi connectivity index (χ1v) is 10.1. The van der Waals surface area contributed by atoms with Gasteiger partial charge in [0.05, 0.1) is 27.1 Å². The Morgan fingerprint density at radius 2 is 1.50 bits per heavy atom. The molecule has 1 aromatic carbocycles. The van der Waals surface area contributed by atoms with E-state index in [-0.39, 0.29) is 23.5 Å². The Labute approximate surface area is 169 Å². The summed E-state index contributed by atoms with van der Waals surface area (Å²) < 4.78 is 15.0. The van der Waals surface area contributed by atoms with E-state index >= 15 is 0 Å². The number of rotatable bonds is 8. The number of amides is 2. The van der Waals surface area contributed by atoms with E-state index < -0.39 is 0 Å². The van der Waals surface area contributed by atoms with Gasteiger partial charge in [0.25, 0.3) is 5.91 Å². The molecule has 0 atom stereocenters. The molecular weight excluding hydrogens is 384 g/mol. The fraction of sp³-hybridized carbons (Fsp3) is 0.526. The molecule has 1 saturated heterocycles. The van der Waals surface area contributed by atoms with Gasteiger partial charge in [-0.15, -0.1) is 11.8 Å². The van der Waals surface area contributed by atoms with Crippen LogP contribution in [0.5, 0.6) is 11.5 Å². The van der Waals surface area contributed by atoms with Crippen molar-refractivity contribution < 1.29 is 28.6 Å². The maximum atomic E-state index is 12.8. The van der Waals surface area contributed by atoms with Crippen LogP contribution in [0.3, 0.4) is 0 Å². The number of hydrogen-bond donors (Lipinski definition) is 0. The molecule has 1 fully saturated rings. The molecule has 0 radical (unpaired) electrons. The maximum Gasteiger partial charge on any atom is 0.315 e. The number of thioether (sulfide) groups is 1. The van der Waals surface area contributed by atoms with Crippen molar-refractivity contribution in [2.75, 3.05) is 59.0 Å². The van der Waals surface area contributed by atoms with E-state index in [4.69, 9.17) is 9.47 Å². The van der Waals surface area contributed by atoms with Gasteiger partial charge in [-0.1, -0.05) is 0 Å². The zero-order chi connectivity index (χ0) is 20.5. The van der Waals surface area contributed by atoms with Gasteiger partial charge in [-0.25, -0.2) is 0 Å². The van der Waals surface area contributed by atoms with Crippen LogP contribution in [0.2, 0.25) is 0 Å². The Balaban J connectivity index is 1.83. The number of piperazine rings is 1. The molecule has 1 heterocycles. The Hall–Kier alpha value is -2.42. The molecule has 0 bridgehead atoms. The molecule has 1 aliphatic heterocycles. The first kappa shape index (κ1) is 21.9. The largest absolute Gasteiger partial charge is 0.497 e. The second kappa shape index (κ2) is 10.8. The Bertz CT molecular complexity index is 681. The standard InChI is InChI=1S/C19H26N2O6S/c1-25-15-10-14(11-16(12-15)26-2)19(24)21-7-5-20(6-8-21)17(22)4-9-28-13-18(23)27-3/h10-12H,4-9,13H2,1-3H3. The van der Waals surface area contributed by atoms with E-state index in [0.29, 0.717) is 55.4 Å². The molecule has 0 saturated carbocycles. The number of carbonyl (C=O) groups is 3. The summed E-state index contributed by atoms with van der Waals surface area (Å²) in [6, 6.07) is 5.08. The lowest BCUT2D eigenvalue weighted by Crippen LogP contribution is -2.50. The first-order valence-electron chi connectivity index (χ1n) is 8.93. The lowest BCUT2D eigenvalue weighted by atomic mass is 10.1. The average molecular weight is 410 g/mol. The third-order valence-electron chi connectivity index (χ3n) is 4.43. The summed E-state index contributed by atoms with van der Waals surface area (Å²) in [6.07, 6.45) is 0.364. The fourth-order valence-electron chi connectivity index (χ4n) is 2.80. The van der Waals surface area contributed by atoms with Gasteiger partial charge in [0.1, 0.15) is 11.5 Å². The summed E-state index contributed by atoms with van der Waals surface area (Å²) in [5.41, 5.74) is 0.496. The smallest absolute Gasteiger partial charge is 0.315 e. The van der Waals surface area contributed by atoms with Crippen molar-refractivity contribution in [1.29, 1.82) is 0 Å². The zero-order valence-electron chi connectivity index (χ0n) is 16.4. The number of carbonyl (C=O) groups excluding carboxylic acids is 3. The van der Waals surface area contributed by atoms with Crippen LogP contribution in [-0.4, -0.2) is 86.6 Å². The Kier molecular flexibility index (Phi) is 8.43. The summed E-state index contributed by atoms with van der Waals surface area (Å²) in [4.78, 5) is 39.6. The van der Waals surface area contributed by atoms with Crippen molar-refractivity contribution in [3.63, 3.8) is 0 Å². The van der Waals surface area contributed by atoms with E-state index in [9.17, 15) is 14.4 Å². The minimum Gasteiger partial charge on any atom is -0.497 e. The molecular formula is C19H26N2O6S. The average Bonchev–Trinajstić information content (AvgIpc) is 2.75. The summed E-state index contributed by atoms with van der Waals surface area (Å²) in [5, 5.41) is 0. The highest BCUT2D eigenvalue weighted by Gasteiger charge is 2.25. The topological polar surface area (TPSA) is 85.4 Å². The predicted molar refractivity (Wildman–Crippen MR) is 106 cm³/mol. The van der Waals surface area contributed by atoms with Crippen molar-refractivity contribution >= 4 is 29.5 Å². The van der Waals surface area contributed by atoms with Crippen LogP contribution in [0, 0.1) is 0 Å². The second-order valence-electron chi connectivity index (χ2n) is 6.15. The minimum atomic E-state index is -0.293. The van der Waals surface area contributed by atoms with Gasteiger partial charge in [-0.2, -0.15) is 0 Å². The maximum absolute atomic E-state index is 12.8. The minimum absolute atomic E-state index is 0.0347. The highest BCUT2D eigenvalue weighted by atomic mass is 32.2. The Morgan fingerprint density at radius 1 is 0.929 bits per heavy atom. The molecule has 0 aromatic heterocycles. The van der Waals surface area contributed by atoms with Gasteiger partial charge in [0, 0.05) is 50.0 Å². The van der Waals surface area contributed by atoms with Gasteiger partial charge in [0.15, 0.2) is 0 Å². The molecule has 28 heavy (non-hydrogen) atoms. The summed E-state index contributed by atoms with van der Waals surface area (Å²) in [5.74, 6) is 1.55. The van der Waals surface area contributed by atoms with E-state index in [0.717, 1.165) is 0 Å². The van der Waals surface area contributed by atoms with Crippen molar-refractivity contribution in [2.45, 2.75) is 6.42 Å². The molecule has 8 nitrogen and oxygen atoms in total. The normalized spacial score (nSPS) is 13.8.